The van der Waals surface area contributed by atoms with Crippen molar-refractivity contribution in [1.29, 1.82) is 0 Å². The number of hydrogen-bond acceptors (Lipinski definition) is 8. The maximum absolute atomic E-state index is 11.9. The van der Waals surface area contributed by atoms with Gasteiger partial charge in [-0.15, -0.1) is 0 Å². The number of anilines is 1. The van der Waals surface area contributed by atoms with Crippen LogP contribution in [0, 0.1) is 0 Å². The zero-order valence-electron chi connectivity index (χ0n) is 16.0. The first kappa shape index (κ1) is 19.7. The Morgan fingerprint density at radius 1 is 1.10 bits per heavy atom. The van der Waals surface area contributed by atoms with Crippen molar-refractivity contribution in [3.8, 4) is 22.9 Å². The summed E-state index contributed by atoms with van der Waals surface area (Å²) >= 11 is 0. The van der Waals surface area contributed by atoms with Crippen molar-refractivity contribution in [2.24, 2.45) is 0 Å². The maximum atomic E-state index is 11.9. The highest BCUT2D eigenvalue weighted by molar-refractivity contribution is 5.99. The lowest BCUT2D eigenvalue weighted by Gasteiger charge is -2.08. The molecule has 0 aliphatic carbocycles. The average Bonchev–Trinajstić information content (AvgIpc) is 3.16. The predicted octanol–water partition coefficient (Wildman–Crippen LogP) is 2.59. The number of hydrogen-bond donors (Lipinski definition) is 3. The van der Waals surface area contributed by atoms with E-state index < -0.39 is 11.9 Å². The molecule has 1 aromatic heterocycles. The zero-order chi connectivity index (χ0) is 21.0. The molecule has 0 spiro atoms. The van der Waals surface area contributed by atoms with Gasteiger partial charge in [-0.2, -0.15) is 0 Å². The molecule has 9 nitrogen and oxygen atoms in total. The SMILES string of the molecule is COC(=O)/C=C(/Nc1ccc2nc(-c3ccc(O)c(OC)c3)[nH]c2c1)C(=O)OC. The van der Waals surface area contributed by atoms with E-state index in [0.717, 1.165) is 11.6 Å². The largest absolute Gasteiger partial charge is 0.504 e. The number of phenols is 1. The van der Waals surface area contributed by atoms with Gasteiger partial charge in [0.25, 0.3) is 0 Å². The van der Waals surface area contributed by atoms with Crippen LogP contribution < -0.4 is 10.1 Å². The van der Waals surface area contributed by atoms with Crippen LogP contribution in [0.15, 0.2) is 48.2 Å². The summed E-state index contributed by atoms with van der Waals surface area (Å²) in [6.07, 6.45) is 1.01. The van der Waals surface area contributed by atoms with E-state index in [9.17, 15) is 14.7 Å². The fourth-order valence-corrected chi connectivity index (χ4v) is 2.64. The van der Waals surface area contributed by atoms with Crippen molar-refractivity contribution in [2.75, 3.05) is 26.6 Å². The third kappa shape index (κ3) is 4.29. The van der Waals surface area contributed by atoms with Gasteiger partial charge in [0.05, 0.1) is 38.4 Å². The molecule has 0 amide bonds. The monoisotopic (exact) mass is 397 g/mol. The molecule has 3 N–H and O–H groups in total. The first-order valence-corrected chi connectivity index (χ1v) is 8.47. The molecule has 0 radical (unpaired) electrons. The Kier molecular flexibility index (Phi) is 5.68. The second-order valence-corrected chi connectivity index (χ2v) is 5.90. The highest BCUT2D eigenvalue weighted by Gasteiger charge is 2.14. The highest BCUT2D eigenvalue weighted by atomic mass is 16.5. The quantitative estimate of drug-likeness (QED) is 0.428. The second kappa shape index (κ2) is 8.34. The van der Waals surface area contributed by atoms with Crippen LogP contribution in [0.5, 0.6) is 11.5 Å². The molecule has 0 bridgehead atoms. The maximum Gasteiger partial charge on any atom is 0.354 e. The normalized spacial score (nSPS) is 11.2. The molecule has 0 saturated carbocycles. The topological polar surface area (TPSA) is 123 Å². The minimum atomic E-state index is -0.711. The van der Waals surface area contributed by atoms with E-state index in [1.54, 1.807) is 30.3 Å². The molecular weight excluding hydrogens is 378 g/mol. The Morgan fingerprint density at radius 3 is 2.59 bits per heavy atom. The standard InChI is InChI=1S/C20H19N3O6/c1-27-17-8-11(4-7-16(17)24)19-22-13-6-5-12(9-14(13)23-19)21-15(20(26)29-3)10-18(25)28-2/h4-10,21,24H,1-3H3,(H,22,23)/b15-10+. The number of carbonyl (C=O) groups is 2. The van der Waals surface area contributed by atoms with Crippen molar-refractivity contribution in [3.63, 3.8) is 0 Å². The minimum absolute atomic E-state index is 0.0339. The van der Waals surface area contributed by atoms with Gasteiger partial charge in [0.15, 0.2) is 11.5 Å². The Balaban J connectivity index is 1.93. The van der Waals surface area contributed by atoms with E-state index in [-0.39, 0.29) is 11.4 Å². The number of fused-ring (bicyclic) bond motifs is 1. The number of methoxy groups -OCH3 is 3. The van der Waals surface area contributed by atoms with Crippen molar-refractivity contribution in [1.82, 2.24) is 9.97 Å². The van der Waals surface area contributed by atoms with Crippen LogP contribution in [0.1, 0.15) is 0 Å². The Labute approximate surface area is 165 Å². The van der Waals surface area contributed by atoms with E-state index in [1.807, 2.05) is 0 Å². The number of benzene rings is 2. The third-order valence-corrected chi connectivity index (χ3v) is 4.08. The Hall–Kier alpha value is -4.01. The molecule has 29 heavy (non-hydrogen) atoms. The number of nitrogens with zero attached hydrogens (tertiary/aromatic N) is 1. The van der Waals surface area contributed by atoms with Crippen molar-refractivity contribution < 1.29 is 28.9 Å². The van der Waals surface area contributed by atoms with Crippen LogP contribution in [0.4, 0.5) is 5.69 Å². The number of nitrogens with one attached hydrogen (secondary N) is 2. The van der Waals surface area contributed by atoms with Crippen LogP contribution in [-0.4, -0.2) is 48.3 Å². The molecule has 3 rings (SSSR count). The molecule has 1 heterocycles. The fraction of sp³-hybridized carbons (Fsp3) is 0.150. The summed E-state index contributed by atoms with van der Waals surface area (Å²) in [5.74, 6) is -0.456. The molecule has 3 aromatic rings. The number of aromatic amines is 1. The summed E-state index contributed by atoms with van der Waals surface area (Å²) in [6.45, 7) is 0. The summed E-state index contributed by atoms with van der Waals surface area (Å²) in [5, 5.41) is 12.6. The van der Waals surface area contributed by atoms with Gasteiger partial charge in [-0.3, -0.25) is 0 Å². The van der Waals surface area contributed by atoms with E-state index in [0.29, 0.717) is 28.3 Å². The van der Waals surface area contributed by atoms with Crippen LogP contribution in [-0.2, 0) is 19.1 Å². The summed E-state index contributed by atoms with van der Waals surface area (Å²) in [4.78, 5) is 31.1. The molecule has 0 unspecified atom stereocenters. The van der Waals surface area contributed by atoms with E-state index in [1.165, 1.54) is 27.4 Å². The van der Waals surface area contributed by atoms with Crippen LogP contribution >= 0.6 is 0 Å². The van der Waals surface area contributed by atoms with Gasteiger partial charge >= 0.3 is 11.9 Å². The number of esters is 2. The number of aromatic hydroxyl groups is 1. The molecule has 0 saturated heterocycles. The van der Waals surface area contributed by atoms with Crippen molar-refractivity contribution in [3.05, 3.63) is 48.2 Å². The van der Waals surface area contributed by atoms with E-state index >= 15 is 0 Å². The predicted molar refractivity (Wildman–Crippen MR) is 105 cm³/mol. The first-order valence-electron chi connectivity index (χ1n) is 8.47. The van der Waals surface area contributed by atoms with E-state index in [2.05, 4.69) is 24.8 Å². The zero-order valence-corrected chi connectivity index (χ0v) is 16.0. The summed E-state index contributed by atoms with van der Waals surface area (Å²) in [7, 11) is 3.89. The highest BCUT2D eigenvalue weighted by Crippen LogP contribution is 2.31. The van der Waals surface area contributed by atoms with Crippen LogP contribution in [0.2, 0.25) is 0 Å². The Bertz CT molecular complexity index is 1100. The van der Waals surface area contributed by atoms with E-state index in [4.69, 9.17) is 4.74 Å². The molecule has 2 aromatic carbocycles. The summed E-state index contributed by atoms with van der Waals surface area (Å²) in [5.41, 5.74) is 2.58. The van der Waals surface area contributed by atoms with Gasteiger partial charge in [-0.25, -0.2) is 14.6 Å². The molecular formula is C20H19N3O6. The lowest BCUT2D eigenvalue weighted by atomic mass is 10.2. The van der Waals surface area contributed by atoms with Crippen molar-refractivity contribution >= 4 is 28.7 Å². The number of phenolic OH excluding ortho intramolecular Hbond substituents is 1. The van der Waals surface area contributed by atoms with Gasteiger partial charge in [-0.1, -0.05) is 0 Å². The summed E-state index contributed by atoms with van der Waals surface area (Å²) < 4.78 is 14.4. The first-order chi connectivity index (χ1) is 13.9. The lowest BCUT2D eigenvalue weighted by Crippen LogP contribution is -2.15. The van der Waals surface area contributed by atoms with Gasteiger partial charge in [0.1, 0.15) is 11.5 Å². The number of carbonyl (C=O) groups excluding carboxylic acids is 2. The van der Waals surface area contributed by atoms with Gasteiger partial charge in [0.2, 0.25) is 0 Å². The smallest absolute Gasteiger partial charge is 0.354 e. The number of rotatable bonds is 6. The van der Waals surface area contributed by atoms with Crippen LogP contribution in [0.25, 0.3) is 22.4 Å². The molecule has 0 aliphatic heterocycles. The van der Waals surface area contributed by atoms with Crippen LogP contribution in [0.3, 0.4) is 0 Å². The fourth-order valence-electron chi connectivity index (χ4n) is 2.64. The van der Waals surface area contributed by atoms with Crippen molar-refractivity contribution in [2.45, 2.75) is 0 Å². The van der Waals surface area contributed by atoms with Gasteiger partial charge < -0.3 is 29.6 Å². The number of imidazole rings is 1. The van der Waals surface area contributed by atoms with Gasteiger partial charge in [-0.05, 0) is 36.4 Å². The second-order valence-electron chi connectivity index (χ2n) is 5.90. The molecule has 150 valence electrons. The molecule has 0 atom stereocenters. The summed E-state index contributed by atoms with van der Waals surface area (Å²) in [6, 6.07) is 10.1. The number of aromatic nitrogens is 2. The molecule has 9 heteroatoms. The molecule has 0 fully saturated rings. The number of H-pyrrole nitrogens is 1. The third-order valence-electron chi connectivity index (χ3n) is 4.08. The average molecular weight is 397 g/mol. The number of ether oxygens (including phenoxy) is 3. The minimum Gasteiger partial charge on any atom is -0.504 e. The molecule has 0 aliphatic rings. The van der Waals surface area contributed by atoms with Gasteiger partial charge in [0, 0.05) is 11.3 Å². The lowest BCUT2D eigenvalue weighted by molar-refractivity contribution is -0.138. The Morgan fingerprint density at radius 2 is 1.90 bits per heavy atom.